The topological polar surface area (TPSA) is 48.2 Å². The molecule has 0 aliphatic heterocycles. The first kappa shape index (κ1) is 19.6. The predicted octanol–water partition coefficient (Wildman–Crippen LogP) is 5.68. The molecule has 0 saturated carbocycles. The summed E-state index contributed by atoms with van der Waals surface area (Å²) >= 11 is 0. The fourth-order valence-corrected chi connectivity index (χ4v) is 2.63. The molecule has 4 rings (SSSR count). The molecule has 1 heterocycles. The SMILES string of the molecule is Fc1ccc(-c2noc(-c3ccc(COc4c(F)c(F)cc(F)c4F)cc3)n2)cc1. The number of ether oxygens (including phenoxy) is 1. The average Bonchev–Trinajstić information content (AvgIpc) is 3.23. The van der Waals surface area contributed by atoms with Crippen LogP contribution in [0.2, 0.25) is 0 Å². The first-order valence-corrected chi connectivity index (χ1v) is 8.57. The summed E-state index contributed by atoms with van der Waals surface area (Å²) in [6, 6.07) is 12.0. The predicted molar refractivity (Wildman–Crippen MR) is 95.7 cm³/mol. The number of halogens is 5. The van der Waals surface area contributed by atoms with Gasteiger partial charge >= 0.3 is 0 Å². The lowest BCUT2D eigenvalue weighted by Crippen LogP contribution is -2.03. The van der Waals surface area contributed by atoms with Gasteiger partial charge in [0.1, 0.15) is 12.4 Å². The Labute approximate surface area is 166 Å². The van der Waals surface area contributed by atoms with Gasteiger partial charge in [-0.3, -0.25) is 0 Å². The van der Waals surface area contributed by atoms with Crippen molar-refractivity contribution in [2.75, 3.05) is 0 Å². The van der Waals surface area contributed by atoms with Crippen LogP contribution in [0.15, 0.2) is 59.1 Å². The van der Waals surface area contributed by atoms with E-state index in [4.69, 9.17) is 9.26 Å². The van der Waals surface area contributed by atoms with Gasteiger partial charge in [-0.05, 0) is 42.0 Å². The summed E-state index contributed by atoms with van der Waals surface area (Å²) in [4.78, 5) is 4.23. The van der Waals surface area contributed by atoms with E-state index in [0.29, 0.717) is 16.7 Å². The number of nitrogens with zero attached hydrogens (tertiary/aromatic N) is 2. The minimum Gasteiger partial charge on any atom is -0.483 e. The van der Waals surface area contributed by atoms with Crippen molar-refractivity contribution in [1.82, 2.24) is 10.1 Å². The van der Waals surface area contributed by atoms with E-state index in [1.54, 1.807) is 24.3 Å². The molecule has 0 fully saturated rings. The summed E-state index contributed by atoms with van der Waals surface area (Å²) in [5.41, 5.74) is 1.59. The number of hydrogen-bond acceptors (Lipinski definition) is 4. The first-order valence-electron chi connectivity index (χ1n) is 8.57. The lowest BCUT2D eigenvalue weighted by atomic mass is 10.1. The maximum absolute atomic E-state index is 13.6. The molecule has 0 aliphatic rings. The summed E-state index contributed by atoms with van der Waals surface area (Å²) in [5.74, 6) is -7.35. The normalized spacial score (nSPS) is 11.0. The van der Waals surface area contributed by atoms with Crippen molar-refractivity contribution in [2.24, 2.45) is 0 Å². The maximum Gasteiger partial charge on any atom is 0.258 e. The molecule has 0 amide bonds. The minimum absolute atomic E-state index is 0.108. The van der Waals surface area contributed by atoms with Crippen LogP contribution in [0.5, 0.6) is 5.75 Å². The van der Waals surface area contributed by atoms with Crippen LogP contribution in [-0.2, 0) is 6.61 Å². The second-order valence-corrected chi connectivity index (χ2v) is 6.21. The fourth-order valence-electron chi connectivity index (χ4n) is 2.63. The highest BCUT2D eigenvalue weighted by molar-refractivity contribution is 5.59. The Morgan fingerprint density at radius 1 is 0.767 bits per heavy atom. The molecular formula is C21H11F5N2O2. The van der Waals surface area contributed by atoms with Crippen LogP contribution in [0, 0.1) is 29.1 Å². The molecule has 0 radical (unpaired) electrons. The molecule has 0 spiro atoms. The molecule has 1 aromatic heterocycles. The van der Waals surface area contributed by atoms with E-state index in [0.717, 1.165) is 0 Å². The molecule has 4 aromatic rings. The average molecular weight is 418 g/mol. The second kappa shape index (κ2) is 7.94. The number of rotatable bonds is 5. The Bertz CT molecular complexity index is 1170. The van der Waals surface area contributed by atoms with Gasteiger partial charge in [-0.15, -0.1) is 0 Å². The summed E-state index contributed by atoms with van der Waals surface area (Å²) < 4.78 is 76.9. The Kier molecular flexibility index (Phi) is 5.18. The van der Waals surface area contributed by atoms with Gasteiger partial charge in [-0.2, -0.15) is 13.8 Å². The van der Waals surface area contributed by atoms with E-state index in [1.807, 2.05) is 0 Å². The molecule has 9 heteroatoms. The lowest BCUT2D eigenvalue weighted by molar-refractivity contribution is 0.261. The largest absolute Gasteiger partial charge is 0.483 e. The molecule has 0 saturated heterocycles. The molecule has 0 aliphatic carbocycles. The third kappa shape index (κ3) is 3.86. The van der Waals surface area contributed by atoms with Crippen LogP contribution < -0.4 is 4.74 Å². The van der Waals surface area contributed by atoms with Gasteiger partial charge in [0.25, 0.3) is 5.89 Å². The van der Waals surface area contributed by atoms with E-state index >= 15 is 0 Å². The standard InChI is InChI=1S/C21H11F5N2O2/c22-14-7-5-12(6-8-14)20-27-21(30-28-20)13-3-1-11(2-4-13)10-29-19-17(25)15(23)9-16(24)18(19)26/h1-9H,10H2. The Hall–Kier alpha value is -3.75. The van der Waals surface area contributed by atoms with Crippen molar-refractivity contribution >= 4 is 0 Å². The first-order chi connectivity index (χ1) is 14.4. The molecule has 0 bridgehead atoms. The molecule has 30 heavy (non-hydrogen) atoms. The van der Waals surface area contributed by atoms with Crippen molar-refractivity contribution in [3.8, 4) is 28.6 Å². The molecular weight excluding hydrogens is 407 g/mol. The highest BCUT2D eigenvalue weighted by Gasteiger charge is 2.20. The van der Waals surface area contributed by atoms with Gasteiger partial charge in [0, 0.05) is 17.2 Å². The zero-order valence-electron chi connectivity index (χ0n) is 15.0. The van der Waals surface area contributed by atoms with Crippen LogP contribution in [0.3, 0.4) is 0 Å². The van der Waals surface area contributed by atoms with Gasteiger partial charge in [-0.1, -0.05) is 17.3 Å². The molecule has 0 N–H and O–H groups in total. The molecule has 4 nitrogen and oxygen atoms in total. The maximum atomic E-state index is 13.6. The van der Waals surface area contributed by atoms with Crippen molar-refractivity contribution < 1.29 is 31.2 Å². The fraction of sp³-hybridized carbons (Fsp3) is 0.0476. The Morgan fingerprint density at radius 3 is 2.00 bits per heavy atom. The van der Waals surface area contributed by atoms with Gasteiger partial charge in [0.05, 0.1) is 0 Å². The van der Waals surface area contributed by atoms with E-state index in [1.165, 1.54) is 24.3 Å². The smallest absolute Gasteiger partial charge is 0.258 e. The van der Waals surface area contributed by atoms with E-state index < -0.39 is 29.0 Å². The second-order valence-electron chi connectivity index (χ2n) is 6.21. The Morgan fingerprint density at radius 2 is 1.37 bits per heavy atom. The van der Waals surface area contributed by atoms with Crippen LogP contribution in [0.4, 0.5) is 22.0 Å². The highest BCUT2D eigenvalue weighted by Crippen LogP contribution is 2.28. The third-order valence-corrected chi connectivity index (χ3v) is 4.18. The van der Waals surface area contributed by atoms with Crippen LogP contribution in [-0.4, -0.2) is 10.1 Å². The van der Waals surface area contributed by atoms with E-state index in [2.05, 4.69) is 10.1 Å². The van der Waals surface area contributed by atoms with E-state index in [9.17, 15) is 22.0 Å². The van der Waals surface area contributed by atoms with E-state index in [-0.39, 0.29) is 30.2 Å². The molecule has 0 unspecified atom stereocenters. The van der Waals surface area contributed by atoms with Crippen molar-refractivity contribution in [3.63, 3.8) is 0 Å². The summed E-state index contributed by atoms with van der Waals surface area (Å²) in [7, 11) is 0. The number of aromatic nitrogens is 2. The third-order valence-electron chi connectivity index (χ3n) is 4.18. The monoisotopic (exact) mass is 418 g/mol. The van der Waals surface area contributed by atoms with Crippen LogP contribution in [0.25, 0.3) is 22.8 Å². The van der Waals surface area contributed by atoms with Crippen molar-refractivity contribution in [1.29, 1.82) is 0 Å². The van der Waals surface area contributed by atoms with Crippen molar-refractivity contribution in [3.05, 3.63) is 89.2 Å². The van der Waals surface area contributed by atoms with Crippen LogP contribution in [0.1, 0.15) is 5.56 Å². The quantitative estimate of drug-likeness (QED) is 0.309. The molecule has 0 atom stereocenters. The molecule has 152 valence electrons. The summed E-state index contributed by atoms with van der Waals surface area (Å²) in [6.07, 6.45) is 0. The minimum atomic E-state index is -1.61. The highest BCUT2D eigenvalue weighted by atomic mass is 19.2. The molecule has 3 aromatic carbocycles. The number of hydrogen-bond donors (Lipinski definition) is 0. The van der Waals surface area contributed by atoms with Crippen molar-refractivity contribution in [2.45, 2.75) is 6.61 Å². The summed E-state index contributed by atoms with van der Waals surface area (Å²) in [6.45, 7) is -0.332. The summed E-state index contributed by atoms with van der Waals surface area (Å²) in [5, 5.41) is 3.84. The lowest BCUT2D eigenvalue weighted by Gasteiger charge is -2.09. The van der Waals surface area contributed by atoms with Gasteiger partial charge in [0.15, 0.2) is 17.4 Å². The van der Waals surface area contributed by atoms with Crippen LogP contribution >= 0.6 is 0 Å². The zero-order valence-corrected chi connectivity index (χ0v) is 15.0. The van der Waals surface area contributed by atoms with Gasteiger partial charge in [0.2, 0.25) is 17.5 Å². The Balaban J connectivity index is 1.48. The number of benzene rings is 3. The van der Waals surface area contributed by atoms with Gasteiger partial charge < -0.3 is 9.26 Å². The zero-order chi connectivity index (χ0) is 21.3. The van der Waals surface area contributed by atoms with Gasteiger partial charge in [-0.25, -0.2) is 13.2 Å².